The minimum Gasteiger partial charge on any atom is -0.431 e. The predicted octanol–water partition coefficient (Wildman–Crippen LogP) is 2.05. The molecule has 102 valence electrons. The number of hydrogen-bond donors (Lipinski definition) is 0. The summed E-state index contributed by atoms with van der Waals surface area (Å²) in [5, 5.41) is 3.93. The molecule has 5 heteroatoms. The van der Waals surface area contributed by atoms with Crippen LogP contribution in [-0.2, 0) is 25.7 Å². The molecule has 0 spiro atoms. The Bertz CT molecular complexity index is 477. The number of hydrogen-bond acceptors (Lipinski definition) is 5. The Morgan fingerprint density at radius 2 is 2.05 bits per heavy atom. The standard InChI is InChI=1S/C14H17NO4/c1-14(2)18-13(15-19-14)11-5-3-10(4-6-11)7-16-8-12-9-17-12/h3-6,12H,7-9H2,1-2H3. The van der Waals surface area contributed by atoms with Crippen molar-refractivity contribution in [3.63, 3.8) is 0 Å². The number of nitrogens with zero attached hydrogens (tertiary/aromatic N) is 1. The Labute approximate surface area is 112 Å². The largest absolute Gasteiger partial charge is 0.431 e. The van der Waals surface area contributed by atoms with Gasteiger partial charge in [0.1, 0.15) is 6.10 Å². The molecule has 0 radical (unpaired) electrons. The van der Waals surface area contributed by atoms with Crippen LogP contribution in [0.15, 0.2) is 29.4 Å². The summed E-state index contributed by atoms with van der Waals surface area (Å²) in [6, 6.07) is 7.91. The molecule has 2 aliphatic heterocycles. The van der Waals surface area contributed by atoms with E-state index in [2.05, 4.69) is 5.16 Å². The van der Waals surface area contributed by atoms with Gasteiger partial charge in [0.25, 0.3) is 11.7 Å². The van der Waals surface area contributed by atoms with Gasteiger partial charge in [-0.3, -0.25) is 0 Å². The van der Waals surface area contributed by atoms with E-state index in [-0.39, 0.29) is 0 Å². The van der Waals surface area contributed by atoms with Crippen LogP contribution in [0.2, 0.25) is 0 Å². The van der Waals surface area contributed by atoms with Crippen molar-refractivity contribution in [2.45, 2.75) is 32.3 Å². The SMILES string of the molecule is CC1(C)ON=C(c2ccc(COCC3CO3)cc2)O1. The number of rotatable bonds is 5. The Morgan fingerprint density at radius 1 is 1.32 bits per heavy atom. The Hall–Kier alpha value is -1.59. The van der Waals surface area contributed by atoms with E-state index >= 15 is 0 Å². The molecule has 0 aromatic heterocycles. The zero-order chi connectivity index (χ0) is 13.3. The summed E-state index contributed by atoms with van der Waals surface area (Å²) in [7, 11) is 0. The van der Waals surface area contributed by atoms with Crippen molar-refractivity contribution in [3.05, 3.63) is 35.4 Å². The van der Waals surface area contributed by atoms with Crippen LogP contribution in [0.5, 0.6) is 0 Å². The van der Waals surface area contributed by atoms with E-state index in [1.807, 2.05) is 38.1 Å². The molecule has 0 aliphatic carbocycles. The van der Waals surface area contributed by atoms with Crippen LogP contribution >= 0.6 is 0 Å². The van der Waals surface area contributed by atoms with E-state index in [1.165, 1.54) is 0 Å². The van der Waals surface area contributed by atoms with Crippen LogP contribution in [0.4, 0.5) is 0 Å². The van der Waals surface area contributed by atoms with Gasteiger partial charge in [-0.25, -0.2) is 0 Å². The molecule has 0 saturated carbocycles. The van der Waals surface area contributed by atoms with Crippen LogP contribution in [0.25, 0.3) is 0 Å². The molecule has 1 fully saturated rings. The lowest BCUT2D eigenvalue weighted by Gasteiger charge is -2.14. The number of benzene rings is 1. The van der Waals surface area contributed by atoms with Gasteiger partial charge >= 0.3 is 0 Å². The normalized spacial score (nSPS) is 23.5. The van der Waals surface area contributed by atoms with Crippen LogP contribution in [0.3, 0.4) is 0 Å². The molecule has 3 rings (SSSR count). The molecule has 0 bridgehead atoms. The smallest absolute Gasteiger partial charge is 0.271 e. The number of epoxide rings is 1. The third-order valence-electron chi connectivity index (χ3n) is 2.87. The number of ether oxygens (including phenoxy) is 3. The van der Waals surface area contributed by atoms with E-state index < -0.39 is 5.79 Å². The number of oxime groups is 1. The first kappa shape index (κ1) is 12.4. The second-order valence-corrected chi connectivity index (χ2v) is 5.16. The Morgan fingerprint density at radius 3 is 2.63 bits per heavy atom. The second kappa shape index (κ2) is 4.83. The average Bonchev–Trinajstić information content (AvgIpc) is 3.13. The summed E-state index contributed by atoms with van der Waals surface area (Å²) < 4.78 is 16.2. The highest BCUT2D eigenvalue weighted by Crippen LogP contribution is 2.22. The first-order chi connectivity index (χ1) is 9.12. The zero-order valence-electron chi connectivity index (χ0n) is 11.1. The monoisotopic (exact) mass is 263 g/mol. The molecule has 5 nitrogen and oxygen atoms in total. The fraction of sp³-hybridized carbons (Fsp3) is 0.500. The highest BCUT2D eigenvalue weighted by atomic mass is 16.8. The maximum atomic E-state index is 5.58. The zero-order valence-corrected chi connectivity index (χ0v) is 11.1. The fourth-order valence-electron chi connectivity index (χ4n) is 1.75. The van der Waals surface area contributed by atoms with Crippen molar-refractivity contribution in [1.82, 2.24) is 0 Å². The van der Waals surface area contributed by atoms with Crippen molar-refractivity contribution >= 4 is 5.90 Å². The summed E-state index contributed by atoms with van der Waals surface area (Å²) in [5.74, 6) is -0.162. The molecule has 2 aliphatic rings. The van der Waals surface area contributed by atoms with Crippen molar-refractivity contribution < 1.29 is 19.0 Å². The lowest BCUT2D eigenvalue weighted by molar-refractivity contribution is -0.128. The summed E-state index contributed by atoms with van der Waals surface area (Å²) in [5.41, 5.74) is 2.02. The van der Waals surface area contributed by atoms with E-state index in [0.717, 1.165) is 17.7 Å². The molecule has 1 atom stereocenters. The fourth-order valence-corrected chi connectivity index (χ4v) is 1.75. The van der Waals surface area contributed by atoms with Crippen LogP contribution in [-0.4, -0.2) is 31.0 Å². The maximum Gasteiger partial charge on any atom is 0.271 e. The van der Waals surface area contributed by atoms with Crippen LogP contribution in [0.1, 0.15) is 25.0 Å². The third kappa shape index (κ3) is 3.24. The quantitative estimate of drug-likeness (QED) is 0.763. The first-order valence-corrected chi connectivity index (χ1v) is 6.36. The molecule has 0 amide bonds. The van der Waals surface area contributed by atoms with Gasteiger partial charge in [-0.15, -0.1) is 0 Å². The molecular weight excluding hydrogens is 246 g/mol. The molecule has 0 N–H and O–H groups in total. The van der Waals surface area contributed by atoms with Gasteiger partial charge in [0.15, 0.2) is 0 Å². The van der Waals surface area contributed by atoms with E-state index in [4.69, 9.17) is 19.0 Å². The molecule has 1 saturated heterocycles. The second-order valence-electron chi connectivity index (χ2n) is 5.16. The van der Waals surface area contributed by atoms with Crippen LogP contribution < -0.4 is 0 Å². The molecule has 1 unspecified atom stereocenters. The Balaban J connectivity index is 1.56. The molecule has 1 aromatic rings. The van der Waals surface area contributed by atoms with Gasteiger partial charge in [0.05, 0.1) is 19.8 Å². The van der Waals surface area contributed by atoms with E-state index in [1.54, 1.807) is 0 Å². The lowest BCUT2D eigenvalue weighted by Crippen LogP contribution is -2.22. The maximum absolute atomic E-state index is 5.58. The van der Waals surface area contributed by atoms with Crippen molar-refractivity contribution in [2.24, 2.45) is 5.16 Å². The molecular formula is C14H17NO4. The molecule has 2 heterocycles. The summed E-state index contributed by atoms with van der Waals surface area (Å²) >= 11 is 0. The van der Waals surface area contributed by atoms with E-state index in [9.17, 15) is 0 Å². The molecule has 19 heavy (non-hydrogen) atoms. The van der Waals surface area contributed by atoms with E-state index in [0.29, 0.717) is 25.2 Å². The topological polar surface area (TPSA) is 52.6 Å². The van der Waals surface area contributed by atoms with Gasteiger partial charge in [0.2, 0.25) is 0 Å². The lowest BCUT2D eigenvalue weighted by atomic mass is 10.1. The highest BCUT2D eigenvalue weighted by molar-refractivity contribution is 5.94. The van der Waals surface area contributed by atoms with Crippen LogP contribution in [0, 0.1) is 0 Å². The van der Waals surface area contributed by atoms with Crippen molar-refractivity contribution in [1.29, 1.82) is 0 Å². The Kier molecular flexibility index (Phi) is 3.16. The van der Waals surface area contributed by atoms with Gasteiger partial charge in [-0.05, 0) is 22.9 Å². The highest BCUT2D eigenvalue weighted by Gasteiger charge is 2.30. The van der Waals surface area contributed by atoms with Gasteiger partial charge in [-0.2, -0.15) is 0 Å². The minimum absolute atomic E-state index is 0.305. The van der Waals surface area contributed by atoms with Crippen molar-refractivity contribution in [3.8, 4) is 0 Å². The molecule has 1 aromatic carbocycles. The summed E-state index contributed by atoms with van der Waals surface area (Å²) in [4.78, 5) is 5.16. The average molecular weight is 263 g/mol. The first-order valence-electron chi connectivity index (χ1n) is 6.36. The predicted molar refractivity (Wildman–Crippen MR) is 68.6 cm³/mol. The van der Waals surface area contributed by atoms with Gasteiger partial charge in [-0.1, -0.05) is 12.1 Å². The minimum atomic E-state index is -0.679. The summed E-state index contributed by atoms with van der Waals surface area (Å²) in [6.45, 7) is 5.73. The van der Waals surface area contributed by atoms with Gasteiger partial charge < -0.3 is 19.0 Å². The summed E-state index contributed by atoms with van der Waals surface area (Å²) in [6.07, 6.45) is 0.305. The van der Waals surface area contributed by atoms with Crippen molar-refractivity contribution in [2.75, 3.05) is 13.2 Å². The third-order valence-corrected chi connectivity index (χ3v) is 2.87. The van der Waals surface area contributed by atoms with Gasteiger partial charge in [0, 0.05) is 19.4 Å².